The maximum absolute atomic E-state index is 12.7. The number of ether oxygens (including phenoxy) is 2. The van der Waals surface area contributed by atoms with Crippen molar-refractivity contribution in [3.05, 3.63) is 122 Å². The Morgan fingerprint density at radius 3 is 1.08 bits per heavy atom. The third-order valence-electron chi connectivity index (χ3n) is 12.8. The van der Waals surface area contributed by atoms with Gasteiger partial charge in [-0.2, -0.15) is 0 Å². The van der Waals surface area contributed by atoms with Gasteiger partial charge in [-0.15, -0.1) is 0 Å². The van der Waals surface area contributed by atoms with Crippen LogP contribution < -0.4 is 5.73 Å². The van der Waals surface area contributed by atoms with Crippen molar-refractivity contribution in [1.82, 2.24) is 0 Å². The molecule has 0 aliphatic rings. The number of hydrogen-bond donors (Lipinski definition) is 2. The van der Waals surface area contributed by atoms with Gasteiger partial charge in [0.2, 0.25) is 0 Å². The third kappa shape index (κ3) is 61.5. The number of phosphoric ester groups is 1. The molecular formula is C67H114NO8P. The van der Waals surface area contributed by atoms with Crippen LogP contribution in [0.5, 0.6) is 0 Å². The van der Waals surface area contributed by atoms with E-state index in [1.807, 2.05) is 0 Å². The Bertz CT molecular complexity index is 1670. The number of nitrogens with two attached hydrogens (primary N) is 1. The molecule has 0 saturated heterocycles. The molecule has 0 aromatic carbocycles. The van der Waals surface area contributed by atoms with Gasteiger partial charge in [0.1, 0.15) is 6.61 Å². The molecule has 440 valence electrons. The van der Waals surface area contributed by atoms with Crippen molar-refractivity contribution in [3.63, 3.8) is 0 Å². The normalized spacial score (nSPS) is 13.9. The van der Waals surface area contributed by atoms with Crippen LogP contribution in [0.2, 0.25) is 0 Å². The van der Waals surface area contributed by atoms with E-state index in [1.54, 1.807) is 0 Å². The highest BCUT2D eigenvalue weighted by molar-refractivity contribution is 7.47. The molecule has 77 heavy (non-hydrogen) atoms. The lowest BCUT2D eigenvalue weighted by molar-refractivity contribution is -0.161. The van der Waals surface area contributed by atoms with Crippen LogP contribution in [0.15, 0.2) is 122 Å². The van der Waals surface area contributed by atoms with Crippen LogP contribution in [-0.4, -0.2) is 49.3 Å². The number of allylic oxidation sites excluding steroid dienone is 20. The zero-order chi connectivity index (χ0) is 55.9. The Balaban J connectivity index is 4.02. The molecule has 9 nitrogen and oxygen atoms in total. The largest absolute Gasteiger partial charge is 0.472 e. The summed E-state index contributed by atoms with van der Waals surface area (Å²) in [6.45, 7) is 3.62. The quantitative estimate of drug-likeness (QED) is 0.0264. The van der Waals surface area contributed by atoms with E-state index in [0.717, 1.165) is 103 Å². The minimum absolute atomic E-state index is 0.0457. The Morgan fingerprint density at radius 2 is 0.714 bits per heavy atom. The smallest absolute Gasteiger partial charge is 0.462 e. The van der Waals surface area contributed by atoms with Gasteiger partial charge in [-0.3, -0.25) is 18.6 Å². The Morgan fingerprint density at radius 1 is 0.403 bits per heavy atom. The molecule has 0 aromatic heterocycles. The first-order valence-corrected chi connectivity index (χ1v) is 32.5. The second-order valence-electron chi connectivity index (χ2n) is 20.2. The van der Waals surface area contributed by atoms with Gasteiger partial charge in [0.25, 0.3) is 0 Å². The lowest BCUT2D eigenvalue weighted by Crippen LogP contribution is -2.29. The van der Waals surface area contributed by atoms with Crippen molar-refractivity contribution in [2.24, 2.45) is 5.73 Å². The average Bonchev–Trinajstić information content (AvgIpc) is 3.42. The fraction of sp³-hybridized carbons (Fsp3) is 0.672. The first-order valence-electron chi connectivity index (χ1n) is 31.0. The Labute approximate surface area is 472 Å². The second kappa shape index (κ2) is 61.6. The first-order chi connectivity index (χ1) is 37.8. The van der Waals surface area contributed by atoms with Crippen LogP contribution in [0.3, 0.4) is 0 Å². The Kier molecular flexibility index (Phi) is 58.7. The standard InChI is InChI=1S/C67H114NO8P/c1-3-5-7-9-11-13-15-17-19-21-23-25-26-27-28-29-30-31-32-33-34-35-36-37-38-40-42-44-46-48-50-52-54-56-58-60-67(70)76-65(64-75-77(71,72)74-62-61-68)63-73-66(69)59-57-55-53-51-49-47-45-43-41-39-24-22-20-18-16-14-12-10-8-6-4-2/h5,7,11,13,17,19,22-25,27-28,30-31,33-34,36-37,40,42,65H,3-4,6,8-10,12,14-16,18,20-21,26,29,32,35,38-39,41,43-64,68H2,1-2H3,(H,71,72)/b7-5-,13-11-,19-17-,24-22-,25-23-,28-27-,31-30-,34-33-,37-36-,42-40-. The summed E-state index contributed by atoms with van der Waals surface area (Å²) in [4.78, 5) is 35.2. The van der Waals surface area contributed by atoms with E-state index in [9.17, 15) is 19.0 Å². The predicted octanol–water partition coefficient (Wildman–Crippen LogP) is 20.0. The van der Waals surface area contributed by atoms with Gasteiger partial charge < -0.3 is 20.1 Å². The van der Waals surface area contributed by atoms with Crippen molar-refractivity contribution < 1.29 is 37.6 Å². The maximum Gasteiger partial charge on any atom is 0.472 e. The maximum atomic E-state index is 12.7. The van der Waals surface area contributed by atoms with Crippen LogP contribution in [0.1, 0.15) is 258 Å². The van der Waals surface area contributed by atoms with E-state index in [0.29, 0.717) is 6.42 Å². The summed E-state index contributed by atoms with van der Waals surface area (Å²) in [5, 5.41) is 0. The van der Waals surface area contributed by atoms with Gasteiger partial charge in [0, 0.05) is 19.4 Å². The number of hydrogen-bond acceptors (Lipinski definition) is 8. The molecule has 0 heterocycles. The van der Waals surface area contributed by atoms with Crippen molar-refractivity contribution in [1.29, 1.82) is 0 Å². The van der Waals surface area contributed by atoms with Crippen molar-refractivity contribution in [2.45, 2.75) is 264 Å². The highest BCUT2D eigenvalue weighted by atomic mass is 31.2. The minimum atomic E-state index is -4.40. The summed E-state index contributed by atoms with van der Waals surface area (Å²) in [7, 11) is -4.40. The molecule has 0 aliphatic heterocycles. The molecule has 0 aromatic rings. The van der Waals surface area contributed by atoms with Gasteiger partial charge in [-0.05, 0) is 109 Å². The molecule has 0 aliphatic carbocycles. The summed E-state index contributed by atoms with van der Waals surface area (Å²) in [6.07, 6.45) is 85.4. The van der Waals surface area contributed by atoms with E-state index in [1.165, 1.54) is 122 Å². The van der Waals surface area contributed by atoms with Gasteiger partial charge in [0.15, 0.2) is 6.10 Å². The van der Waals surface area contributed by atoms with Crippen molar-refractivity contribution in [2.75, 3.05) is 26.4 Å². The molecule has 10 heteroatoms. The zero-order valence-corrected chi connectivity index (χ0v) is 50.0. The van der Waals surface area contributed by atoms with Crippen molar-refractivity contribution in [3.8, 4) is 0 Å². The monoisotopic (exact) mass is 1090 g/mol. The molecule has 0 spiro atoms. The van der Waals surface area contributed by atoms with Crippen LogP contribution in [0.25, 0.3) is 0 Å². The molecule has 0 fully saturated rings. The summed E-state index contributed by atoms with van der Waals surface area (Å²) < 4.78 is 33.1. The number of phosphoric acid groups is 1. The predicted molar refractivity (Wildman–Crippen MR) is 330 cm³/mol. The molecule has 0 bridgehead atoms. The number of carbonyl (C=O) groups is 2. The van der Waals surface area contributed by atoms with Crippen LogP contribution in [-0.2, 0) is 32.7 Å². The number of esters is 2. The van der Waals surface area contributed by atoms with Gasteiger partial charge in [-0.1, -0.05) is 257 Å². The van der Waals surface area contributed by atoms with E-state index in [4.69, 9.17) is 24.3 Å². The van der Waals surface area contributed by atoms with Crippen molar-refractivity contribution >= 4 is 19.8 Å². The average molecular weight is 1090 g/mol. The topological polar surface area (TPSA) is 134 Å². The van der Waals surface area contributed by atoms with Gasteiger partial charge in [0.05, 0.1) is 13.2 Å². The Hall–Kier alpha value is -3.59. The van der Waals surface area contributed by atoms with E-state index in [-0.39, 0.29) is 38.6 Å². The van der Waals surface area contributed by atoms with Crippen LogP contribution >= 0.6 is 7.82 Å². The second-order valence-corrected chi connectivity index (χ2v) is 21.6. The van der Waals surface area contributed by atoms with E-state index < -0.39 is 26.5 Å². The highest BCUT2D eigenvalue weighted by Gasteiger charge is 2.26. The third-order valence-corrected chi connectivity index (χ3v) is 13.8. The molecule has 0 radical (unpaired) electrons. The van der Waals surface area contributed by atoms with E-state index >= 15 is 0 Å². The zero-order valence-electron chi connectivity index (χ0n) is 49.2. The number of unbranched alkanes of at least 4 members (excludes halogenated alkanes) is 24. The fourth-order valence-electron chi connectivity index (χ4n) is 8.27. The summed E-state index contributed by atoms with van der Waals surface area (Å²) in [6, 6.07) is 0. The molecular weight excluding hydrogens is 978 g/mol. The number of carbonyl (C=O) groups excluding carboxylic acids is 2. The molecule has 2 unspecified atom stereocenters. The molecule has 0 rings (SSSR count). The first kappa shape index (κ1) is 73.4. The molecule has 3 N–H and O–H groups in total. The SMILES string of the molecule is CC/C=C\C/C=C\C/C=C\C/C=C\C/C=C\C/C=C\C/C=C\C/C=C\C/C=C\CCCCCCCCCC(=O)OC(COC(=O)CCCCCCCCCCC/C=C\CCCCCCCCCC)COP(=O)(O)OCCN. The summed E-state index contributed by atoms with van der Waals surface area (Å²) in [5.74, 6) is -0.845. The minimum Gasteiger partial charge on any atom is -0.462 e. The summed E-state index contributed by atoms with van der Waals surface area (Å²) in [5.41, 5.74) is 5.39. The lowest BCUT2D eigenvalue weighted by Gasteiger charge is -2.19. The number of rotatable bonds is 57. The van der Waals surface area contributed by atoms with Crippen LogP contribution in [0.4, 0.5) is 0 Å². The molecule has 0 saturated carbocycles. The summed E-state index contributed by atoms with van der Waals surface area (Å²) >= 11 is 0. The van der Waals surface area contributed by atoms with E-state index in [2.05, 4.69) is 135 Å². The van der Waals surface area contributed by atoms with Gasteiger partial charge in [-0.25, -0.2) is 4.57 Å². The molecule has 2 atom stereocenters. The van der Waals surface area contributed by atoms with Gasteiger partial charge >= 0.3 is 19.8 Å². The fourth-order valence-corrected chi connectivity index (χ4v) is 9.04. The lowest BCUT2D eigenvalue weighted by atomic mass is 10.1. The van der Waals surface area contributed by atoms with Crippen LogP contribution in [0, 0.1) is 0 Å². The highest BCUT2D eigenvalue weighted by Crippen LogP contribution is 2.43. The molecule has 0 amide bonds.